The molecule has 0 saturated carbocycles. The summed E-state index contributed by atoms with van der Waals surface area (Å²) >= 11 is 0. The zero-order valence-corrected chi connectivity index (χ0v) is 10.0. The van der Waals surface area contributed by atoms with Crippen LogP contribution in [0.2, 0.25) is 0 Å². The van der Waals surface area contributed by atoms with E-state index < -0.39 is 0 Å². The van der Waals surface area contributed by atoms with Crippen molar-refractivity contribution in [3.05, 3.63) is 65.0 Å². The third kappa shape index (κ3) is 3.06. The van der Waals surface area contributed by atoms with Gasteiger partial charge in [0.2, 0.25) is 0 Å². The van der Waals surface area contributed by atoms with Crippen molar-refractivity contribution in [2.24, 2.45) is 0 Å². The molecule has 0 fully saturated rings. The first-order chi connectivity index (χ1) is 8.17. The highest BCUT2D eigenvalue weighted by atomic mass is 19.1. The van der Waals surface area contributed by atoms with E-state index in [1.807, 2.05) is 37.3 Å². The molecule has 0 radical (unpaired) electrons. The molecule has 0 aliphatic heterocycles. The number of aryl methyl sites for hydroxylation is 1. The molecule has 17 heavy (non-hydrogen) atoms. The molecule has 0 bridgehead atoms. The minimum atomic E-state index is -0.178. The van der Waals surface area contributed by atoms with Crippen LogP contribution >= 0.6 is 0 Å². The molecular formula is C15H15FO. The number of methoxy groups -OCH3 is 1. The van der Waals surface area contributed by atoms with Gasteiger partial charge in [0.25, 0.3) is 0 Å². The van der Waals surface area contributed by atoms with Gasteiger partial charge in [-0.05, 0) is 54.3 Å². The van der Waals surface area contributed by atoms with Gasteiger partial charge in [-0.1, -0.05) is 18.2 Å². The fourth-order valence-corrected chi connectivity index (χ4v) is 1.93. The van der Waals surface area contributed by atoms with Crippen molar-refractivity contribution in [3.63, 3.8) is 0 Å². The Morgan fingerprint density at radius 1 is 1.06 bits per heavy atom. The van der Waals surface area contributed by atoms with E-state index in [4.69, 9.17) is 4.74 Å². The maximum Gasteiger partial charge on any atom is 0.123 e. The molecule has 2 aromatic carbocycles. The van der Waals surface area contributed by atoms with Gasteiger partial charge < -0.3 is 4.74 Å². The summed E-state index contributed by atoms with van der Waals surface area (Å²) < 4.78 is 18.4. The van der Waals surface area contributed by atoms with Gasteiger partial charge >= 0.3 is 0 Å². The van der Waals surface area contributed by atoms with Crippen molar-refractivity contribution < 1.29 is 9.13 Å². The van der Waals surface area contributed by atoms with Crippen LogP contribution in [0.1, 0.15) is 16.7 Å². The Kier molecular flexibility index (Phi) is 3.43. The molecule has 88 valence electrons. The van der Waals surface area contributed by atoms with Crippen molar-refractivity contribution in [1.82, 2.24) is 0 Å². The van der Waals surface area contributed by atoms with Crippen LogP contribution < -0.4 is 4.74 Å². The first-order valence-corrected chi connectivity index (χ1v) is 5.56. The fourth-order valence-electron chi connectivity index (χ4n) is 1.93. The van der Waals surface area contributed by atoms with E-state index in [1.165, 1.54) is 6.07 Å². The Hall–Kier alpha value is -1.83. The lowest BCUT2D eigenvalue weighted by Gasteiger charge is -2.06. The van der Waals surface area contributed by atoms with Crippen LogP contribution in [0.15, 0.2) is 42.5 Å². The van der Waals surface area contributed by atoms with Crippen molar-refractivity contribution in [2.45, 2.75) is 13.3 Å². The molecule has 2 rings (SSSR count). The monoisotopic (exact) mass is 230 g/mol. The molecule has 0 N–H and O–H groups in total. The molecule has 0 heterocycles. The third-order valence-corrected chi connectivity index (χ3v) is 2.64. The minimum Gasteiger partial charge on any atom is -0.497 e. The lowest BCUT2D eigenvalue weighted by Crippen LogP contribution is -1.92. The molecule has 0 amide bonds. The van der Waals surface area contributed by atoms with Gasteiger partial charge in [0, 0.05) is 0 Å². The molecule has 1 nitrogen and oxygen atoms in total. The Balaban J connectivity index is 2.24. The summed E-state index contributed by atoms with van der Waals surface area (Å²) in [5.74, 6) is 0.651. The number of rotatable bonds is 3. The molecule has 2 aromatic rings. The zero-order chi connectivity index (χ0) is 12.3. The quantitative estimate of drug-likeness (QED) is 0.780. The van der Waals surface area contributed by atoms with Crippen LogP contribution in [0.3, 0.4) is 0 Å². The summed E-state index contributed by atoms with van der Waals surface area (Å²) in [4.78, 5) is 0. The van der Waals surface area contributed by atoms with Crippen molar-refractivity contribution in [3.8, 4) is 5.75 Å². The van der Waals surface area contributed by atoms with E-state index in [2.05, 4.69) is 0 Å². The maximum absolute atomic E-state index is 13.3. The Bertz CT molecular complexity index is 500. The predicted octanol–water partition coefficient (Wildman–Crippen LogP) is 3.73. The van der Waals surface area contributed by atoms with E-state index in [9.17, 15) is 4.39 Å². The smallest absolute Gasteiger partial charge is 0.123 e. The van der Waals surface area contributed by atoms with Gasteiger partial charge in [-0.25, -0.2) is 4.39 Å². The second kappa shape index (κ2) is 5.00. The maximum atomic E-state index is 13.3. The highest BCUT2D eigenvalue weighted by molar-refractivity contribution is 5.34. The zero-order valence-electron chi connectivity index (χ0n) is 10.0. The Morgan fingerprint density at radius 3 is 2.59 bits per heavy atom. The van der Waals surface area contributed by atoms with Crippen LogP contribution in [-0.2, 0) is 6.42 Å². The molecule has 0 spiro atoms. The molecule has 2 heteroatoms. The summed E-state index contributed by atoms with van der Waals surface area (Å²) in [6.45, 7) is 1.90. The predicted molar refractivity (Wildman–Crippen MR) is 66.9 cm³/mol. The average Bonchev–Trinajstić information content (AvgIpc) is 2.28. The average molecular weight is 230 g/mol. The summed E-state index contributed by atoms with van der Waals surface area (Å²) in [5, 5.41) is 0. The highest BCUT2D eigenvalue weighted by Crippen LogP contribution is 2.17. The lowest BCUT2D eigenvalue weighted by atomic mass is 10.0. The van der Waals surface area contributed by atoms with Gasteiger partial charge in [0.05, 0.1) is 7.11 Å². The first-order valence-electron chi connectivity index (χ1n) is 5.56. The van der Waals surface area contributed by atoms with Crippen molar-refractivity contribution in [2.75, 3.05) is 7.11 Å². The van der Waals surface area contributed by atoms with Gasteiger partial charge in [0.15, 0.2) is 0 Å². The summed E-state index contributed by atoms with van der Waals surface area (Å²) in [6, 6.07) is 13.0. The topological polar surface area (TPSA) is 9.23 Å². The van der Waals surface area contributed by atoms with Gasteiger partial charge in [-0.15, -0.1) is 0 Å². The van der Waals surface area contributed by atoms with Crippen molar-refractivity contribution in [1.29, 1.82) is 0 Å². The summed E-state index contributed by atoms with van der Waals surface area (Å²) in [6.07, 6.45) is 0.718. The second-order valence-corrected chi connectivity index (χ2v) is 4.17. The number of benzene rings is 2. The van der Waals surface area contributed by atoms with Gasteiger partial charge in [0.1, 0.15) is 11.6 Å². The van der Waals surface area contributed by atoms with E-state index in [0.29, 0.717) is 0 Å². The number of hydrogen-bond acceptors (Lipinski definition) is 1. The van der Waals surface area contributed by atoms with Gasteiger partial charge in [-0.2, -0.15) is 0 Å². The largest absolute Gasteiger partial charge is 0.497 e. The normalized spacial score (nSPS) is 10.3. The number of halogens is 1. The lowest BCUT2D eigenvalue weighted by molar-refractivity contribution is 0.414. The van der Waals surface area contributed by atoms with Crippen LogP contribution in [0.5, 0.6) is 5.75 Å². The van der Waals surface area contributed by atoms with Crippen LogP contribution in [0, 0.1) is 12.7 Å². The van der Waals surface area contributed by atoms with Crippen LogP contribution in [0.25, 0.3) is 0 Å². The highest BCUT2D eigenvalue weighted by Gasteiger charge is 2.01. The third-order valence-electron chi connectivity index (χ3n) is 2.64. The second-order valence-electron chi connectivity index (χ2n) is 4.17. The van der Waals surface area contributed by atoms with Crippen LogP contribution in [0.4, 0.5) is 4.39 Å². The van der Waals surface area contributed by atoms with E-state index in [0.717, 1.165) is 28.9 Å². The molecular weight excluding hydrogens is 215 g/mol. The molecule has 0 saturated heterocycles. The molecule has 0 atom stereocenters. The van der Waals surface area contributed by atoms with Crippen LogP contribution in [-0.4, -0.2) is 7.11 Å². The standard InChI is InChI=1S/C15H15FO/c1-11-6-13(9-14(16)7-11)8-12-4-3-5-15(10-12)17-2/h3-7,9-10H,8H2,1-2H3. The number of ether oxygens (including phenoxy) is 1. The van der Waals surface area contributed by atoms with Gasteiger partial charge in [-0.3, -0.25) is 0 Å². The van der Waals surface area contributed by atoms with E-state index in [1.54, 1.807) is 13.2 Å². The molecule has 0 aromatic heterocycles. The molecule has 0 unspecified atom stereocenters. The Morgan fingerprint density at radius 2 is 1.88 bits per heavy atom. The van der Waals surface area contributed by atoms with E-state index >= 15 is 0 Å². The number of hydrogen-bond donors (Lipinski definition) is 0. The summed E-state index contributed by atoms with van der Waals surface area (Å²) in [7, 11) is 1.64. The Labute approximate surface area is 101 Å². The van der Waals surface area contributed by atoms with E-state index in [-0.39, 0.29) is 5.82 Å². The molecule has 0 aliphatic rings. The SMILES string of the molecule is COc1cccc(Cc2cc(C)cc(F)c2)c1. The summed E-state index contributed by atoms with van der Waals surface area (Å²) in [5.41, 5.74) is 3.05. The first kappa shape index (κ1) is 11.6. The fraction of sp³-hybridized carbons (Fsp3) is 0.200. The molecule has 0 aliphatic carbocycles. The van der Waals surface area contributed by atoms with Crippen molar-refractivity contribution >= 4 is 0 Å². The minimum absolute atomic E-state index is 0.178.